The lowest BCUT2D eigenvalue weighted by Gasteiger charge is -2.16. The quantitative estimate of drug-likeness (QED) is 0.728. The second kappa shape index (κ2) is 7.14. The Morgan fingerprint density at radius 2 is 1.86 bits per heavy atom. The molecule has 1 aromatic carbocycles. The molecule has 0 saturated carbocycles. The topological polar surface area (TPSA) is 69.0 Å². The van der Waals surface area contributed by atoms with Crippen molar-refractivity contribution >= 4 is 22.6 Å². The first-order chi connectivity index (χ1) is 13.1. The number of ether oxygens (including phenoxy) is 1. The summed E-state index contributed by atoms with van der Waals surface area (Å²) in [5.74, 6) is -0.796. The second-order valence-corrected chi connectivity index (χ2v) is 6.53. The van der Waals surface area contributed by atoms with E-state index in [0.717, 1.165) is 11.6 Å². The smallest absolute Gasteiger partial charge is 0.417 e. The van der Waals surface area contributed by atoms with Crippen LogP contribution in [0.15, 0.2) is 30.3 Å². The van der Waals surface area contributed by atoms with Crippen LogP contribution in [0.2, 0.25) is 0 Å². The predicted octanol–water partition coefficient (Wildman–Crippen LogP) is 4.01. The number of hydrogen-bond donors (Lipinski definition) is 1. The number of rotatable bonds is 4. The fraction of sp³-hybridized carbons (Fsp3) is 0.316. The van der Waals surface area contributed by atoms with Crippen LogP contribution in [0.4, 0.5) is 18.9 Å². The SMILES string of the molecule is Cc1ccc(NC(=O)[C@H](C)Oc2cc(C(F)(F)F)c3c(C)nn(C)c3n2)cc1. The third-order valence-corrected chi connectivity index (χ3v) is 4.24. The van der Waals surface area contributed by atoms with Gasteiger partial charge in [0.05, 0.1) is 16.6 Å². The highest BCUT2D eigenvalue weighted by Crippen LogP contribution is 2.37. The van der Waals surface area contributed by atoms with Gasteiger partial charge in [-0.05, 0) is 32.9 Å². The molecule has 0 bridgehead atoms. The third kappa shape index (κ3) is 3.92. The zero-order valence-corrected chi connectivity index (χ0v) is 15.8. The lowest BCUT2D eigenvalue weighted by molar-refractivity contribution is -0.136. The summed E-state index contributed by atoms with van der Waals surface area (Å²) in [6.07, 6.45) is -5.66. The molecule has 0 fully saturated rings. The molecule has 3 rings (SSSR count). The first-order valence-corrected chi connectivity index (χ1v) is 8.52. The van der Waals surface area contributed by atoms with E-state index in [-0.39, 0.29) is 22.6 Å². The molecule has 2 aromatic heterocycles. The van der Waals surface area contributed by atoms with E-state index in [2.05, 4.69) is 15.4 Å². The van der Waals surface area contributed by atoms with Crippen LogP contribution in [0.3, 0.4) is 0 Å². The zero-order valence-electron chi connectivity index (χ0n) is 15.8. The van der Waals surface area contributed by atoms with Gasteiger partial charge < -0.3 is 10.1 Å². The molecular formula is C19H19F3N4O2. The number of benzene rings is 1. The van der Waals surface area contributed by atoms with Crippen molar-refractivity contribution in [3.05, 3.63) is 47.2 Å². The highest BCUT2D eigenvalue weighted by molar-refractivity contribution is 5.94. The van der Waals surface area contributed by atoms with Gasteiger partial charge in [0.25, 0.3) is 5.91 Å². The van der Waals surface area contributed by atoms with Gasteiger partial charge in [-0.1, -0.05) is 17.7 Å². The van der Waals surface area contributed by atoms with Gasteiger partial charge in [-0.2, -0.15) is 23.3 Å². The molecule has 0 unspecified atom stereocenters. The number of alkyl halides is 3. The van der Waals surface area contributed by atoms with Crippen LogP contribution in [-0.4, -0.2) is 26.8 Å². The molecule has 2 heterocycles. The van der Waals surface area contributed by atoms with E-state index < -0.39 is 23.8 Å². The van der Waals surface area contributed by atoms with Gasteiger partial charge in [0.1, 0.15) is 0 Å². The largest absolute Gasteiger partial charge is 0.464 e. The fourth-order valence-electron chi connectivity index (χ4n) is 2.82. The number of carbonyl (C=O) groups is 1. The standard InChI is InChI=1S/C19H19F3N4O2/c1-10-5-7-13(8-6-10)23-18(27)12(3)28-15-9-14(19(20,21)22)16-11(2)25-26(4)17(16)24-15/h5-9,12H,1-4H3,(H,23,27)/t12-/m0/s1. The van der Waals surface area contributed by atoms with Crippen molar-refractivity contribution < 1.29 is 22.7 Å². The van der Waals surface area contributed by atoms with Crippen molar-refractivity contribution in [1.82, 2.24) is 14.8 Å². The molecule has 6 nitrogen and oxygen atoms in total. The molecule has 3 aromatic rings. The van der Waals surface area contributed by atoms with Gasteiger partial charge in [0.2, 0.25) is 5.88 Å². The van der Waals surface area contributed by atoms with Crippen LogP contribution in [-0.2, 0) is 18.0 Å². The number of nitrogens with zero attached hydrogens (tertiary/aromatic N) is 3. The molecule has 0 radical (unpaired) electrons. The van der Waals surface area contributed by atoms with E-state index in [0.29, 0.717) is 5.69 Å². The van der Waals surface area contributed by atoms with E-state index in [1.54, 1.807) is 12.1 Å². The molecule has 1 amide bonds. The van der Waals surface area contributed by atoms with E-state index >= 15 is 0 Å². The van der Waals surface area contributed by atoms with Gasteiger partial charge >= 0.3 is 6.18 Å². The maximum atomic E-state index is 13.5. The van der Waals surface area contributed by atoms with Gasteiger partial charge in [-0.3, -0.25) is 9.48 Å². The molecule has 0 spiro atoms. The number of halogens is 3. The minimum atomic E-state index is -4.61. The Morgan fingerprint density at radius 1 is 1.21 bits per heavy atom. The molecule has 28 heavy (non-hydrogen) atoms. The van der Waals surface area contributed by atoms with Crippen LogP contribution in [0.5, 0.6) is 5.88 Å². The molecule has 0 aliphatic carbocycles. The Bertz CT molecular complexity index is 1030. The first-order valence-electron chi connectivity index (χ1n) is 8.52. The number of amides is 1. The minimum absolute atomic E-state index is 0.0356. The van der Waals surface area contributed by atoms with Crippen molar-refractivity contribution in [2.45, 2.75) is 33.1 Å². The summed E-state index contributed by atoms with van der Waals surface area (Å²) in [5, 5.41) is 6.57. The molecule has 148 valence electrons. The molecule has 1 N–H and O–H groups in total. The normalized spacial score (nSPS) is 12.8. The summed E-state index contributed by atoms with van der Waals surface area (Å²) >= 11 is 0. The molecule has 0 saturated heterocycles. The zero-order chi connectivity index (χ0) is 20.6. The molecule has 1 atom stereocenters. The van der Waals surface area contributed by atoms with E-state index in [1.807, 2.05) is 19.1 Å². The lowest BCUT2D eigenvalue weighted by Crippen LogP contribution is -2.30. The second-order valence-electron chi connectivity index (χ2n) is 6.53. The highest BCUT2D eigenvalue weighted by Gasteiger charge is 2.36. The van der Waals surface area contributed by atoms with E-state index in [1.165, 1.54) is 25.6 Å². The Kier molecular flexibility index (Phi) is 5.01. The maximum absolute atomic E-state index is 13.5. The number of hydrogen-bond acceptors (Lipinski definition) is 4. The minimum Gasteiger partial charge on any atom is -0.464 e. The van der Waals surface area contributed by atoms with Crippen LogP contribution < -0.4 is 10.1 Å². The number of anilines is 1. The van der Waals surface area contributed by atoms with Crippen molar-refractivity contribution in [1.29, 1.82) is 0 Å². The van der Waals surface area contributed by atoms with Crippen molar-refractivity contribution in [3.8, 4) is 5.88 Å². The number of fused-ring (bicyclic) bond motifs is 1. The fourth-order valence-corrected chi connectivity index (χ4v) is 2.82. The molecule has 9 heteroatoms. The number of nitrogens with one attached hydrogen (secondary N) is 1. The Balaban J connectivity index is 1.88. The number of carbonyl (C=O) groups excluding carboxylic acids is 1. The van der Waals surface area contributed by atoms with Gasteiger partial charge in [0.15, 0.2) is 11.8 Å². The summed E-state index contributed by atoms with van der Waals surface area (Å²) in [7, 11) is 1.50. The first kappa shape index (κ1) is 19.7. The van der Waals surface area contributed by atoms with Gasteiger partial charge in [-0.25, -0.2) is 0 Å². The van der Waals surface area contributed by atoms with Crippen molar-refractivity contribution in [2.75, 3.05) is 5.32 Å². The number of aryl methyl sites for hydroxylation is 3. The Labute approximate surface area is 159 Å². The van der Waals surface area contributed by atoms with E-state index in [4.69, 9.17) is 4.74 Å². The predicted molar refractivity (Wildman–Crippen MR) is 98.1 cm³/mol. The highest BCUT2D eigenvalue weighted by atomic mass is 19.4. The third-order valence-electron chi connectivity index (χ3n) is 4.24. The summed E-state index contributed by atoms with van der Waals surface area (Å²) in [6, 6.07) is 7.91. The van der Waals surface area contributed by atoms with Crippen LogP contribution >= 0.6 is 0 Å². The molecular weight excluding hydrogens is 373 g/mol. The Hall–Kier alpha value is -3.10. The monoisotopic (exact) mass is 392 g/mol. The van der Waals surface area contributed by atoms with Gasteiger partial charge in [0, 0.05) is 18.8 Å². The summed E-state index contributed by atoms with van der Waals surface area (Å²) in [6.45, 7) is 4.84. The average Bonchev–Trinajstić information content (AvgIpc) is 2.89. The number of aromatic nitrogens is 3. The molecule has 0 aliphatic rings. The summed E-state index contributed by atoms with van der Waals surface area (Å²) < 4.78 is 47.2. The van der Waals surface area contributed by atoms with Gasteiger partial charge in [-0.15, -0.1) is 0 Å². The molecule has 0 aliphatic heterocycles. The maximum Gasteiger partial charge on any atom is 0.417 e. The van der Waals surface area contributed by atoms with Crippen molar-refractivity contribution in [3.63, 3.8) is 0 Å². The lowest BCUT2D eigenvalue weighted by atomic mass is 10.1. The number of pyridine rings is 1. The van der Waals surface area contributed by atoms with Crippen LogP contribution in [0.1, 0.15) is 23.7 Å². The van der Waals surface area contributed by atoms with Crippen LogP contribution in [0, 0.1) is 13.8 Å². The van der Waals surface area contributed by atoms with Crippen LogP contribution in [0.25, 0.3) is 11.0 Å². The van der Waals surface area contributed by atoms with Crippen molar-refractivity contribution in [2.24, 2.45) is 7.05 Å². The Morgan fingerprint density at radius 3 is 2.46 bits per heavy atom. The summed E-state index contributed by atoms with van der Waals surface area (Å²) in [4.78, 5) is 16.4. The van der Waals surface area contributed by atoms with E-state index in [9.17, 15) is 18.0 Å². The summed E-state index contributed by atoms with van der Waals surface area (Å²) in [5.41, 5.74) is 0.949. The average molecular weight is 392 g/mol.